The lowest BCUT2D eigenvalue weighted by Crippen LogP contribution is -2.48. The Bertz CT molecular complexity index is 788. The van der Waals surface area contributed by atoms with Crippen LogP contribution in [0.1, 0.15) is 23.0 Å². The van der Waals surface area contributed by atoms with Gasteiger partial charge in [-0.15, -0.1) is 0 Å². The highest BCUT2D eigenvalue weighted by Gasteiger charge is 2.21. The third-order valence-electron chi connectivity index (χ3n) is 4.25. The van der Waals surface area contributed by atoms with Crippen LogP contribution < -0.4 is 10.2 Å². The van der Waals surface area contributed by atoms with Gasteiger partial charge in [-0.05, 0) is 23.8 Å². The molecule has 1 aromatic carbocycles. The summed E-state index contributed by atoms with van der Waals surface area (Å²) in [6, 6.07) is 7.50. The fourth-order valence-corrected chi connectivity index (χ4v) is 2.72. The zero-order chi connectivity index (χ0) is 18.5. The van der Waals surface area contributed by atoms with E-state index in [4.69, 9.17) is 0 Å². The van der Waals surface area contributed by atoms with Crippen LogP contribution >= 0.6 is 0 Å². The molecule has 0 radical (unpaired) electrons. The quantitative estimate of drug-likeness (QED) is 0.890. The van der Waals surface area contributed by atoms with E-state index >= 15 is 0 Å². The second-order valence-electron chi connectivity index (χ2n) is 6.04. The minimum Gasteiger partial charge on any atom is -0.347 e. The topological polar surface area (TPSA) is 78.4 Å². The van der Waals surface area contributed by atoms with Crippen LogP contribution in [0.3, 0.4) is 0 Å². The number of carbonyl (C=O) groups excluding carboxylic acids is 2. The molecule has 0 spiro atoms. The number of piperazine rings is 1. The van der Waals surface area contributed by atoms with E-state index in [9.17, 15) is 14.0 Å². The molecule has 2 amide bonds. The maximum absolute atomic E-state index is 12.9. The van der Waals surface area contributed by atoms with E-state index in [-0.39, 0.29) is 29.9 Å². The molecule has 1 saturated heterocycles. The number of rotatable bonds is 4. The first-order valence-electron chi connectivity index (χ1n) is 8.39. The molecule has 1 aliphatic rings. The standard InChI is InChI=1S/C18H20FN5O2/c1-13(25)23-8-10-24(11-9-23)18-20-7-6-16(22-18)17(26)21-12-14-2-4-15(19)5-3-14/h2-7H,8-12H2,1H3,(H,21,26). The molecule has 1 aromatic heterocycles. The summed E-state index contributed by atoms with van der Waals surface area (Å²) in [4.78, 5) is 36.0. The zero-order valence-electron chi connectivity index (χ0n) is 14.5. The molecule has 0 saturated carbocycles. The highest BCUT2D eigenvalue weighted by Crippen LogP contribution is 2.12. The van der Waals surface area contributed by atoms with Gasteiger partial charge in [0.2, 0.25) is 11.9 Å². The number of amides is 2. The van der Waals surface area contributed by atoms with Crippen molar-refractivity contribution >= 4 is 17.8 Å². The maximum Gasteiger partial charge on any atom is 0.270 e. The van der Waals surface area contributed by atoms with Crippen LogP contribution in [0.5, 0.6) is 0 Å². The Hall–Kier alpha value is -3.03. The van der Waals surface area contributed by atoms with Crippen LogP contribution in [0.2, 0.25) is 0 Å². The molecule has 3 rings (SSSR count). The lowest BCUT2D eigenvalue weighted by atomic mass is 10.2. The Morgan fingerprint density at radius 1 is 1.12 bits per heavy atom. The molecule has 1 fully saturated rings. The van der Waals surface area contributed by atoms with E-state index in [1.54, 1.807) is 36.2 Å². The Morgan fingerprint density at radius 2 is 1.81 bits per heavy atom. The van der Waals surface area contributed by atoms with E-state index in [0.717, 1.165) is 5.56 Å². The van der Waals surface area contributed by atoms with Crippen molar-refractivity contribution in [2.75, 3.05) is 31.1 Å². The van der Waals surface area contributed by atoms with Gasteiger partial charge in [0.15, 0.2) is 0 Å². The zero-order valence-corrected chi connectivity index (χ0v) is 14.5. The van der Waals surface area contributed by atoms with Crippen molar-refractivity contribution < 1.29 is 14.0 Å². The molecule has 1 aliphatic heterocycles. The Labute approximate surface area is 150 Å². The molecule has 0 atom stereocenters. The number of carbonyl (C=O) groups is 2. The van der Waals surface area contributed by atoms with Crippen molar-refractivity contribution in [3.8, 4) is 0 Å². The van der Waals surface area contributed by atoms with Gasteiger partial charge >= 0.3 is 0 Å². The maximum atomic E-state index is 12.9. The van der Waals surface area contributed by atoms with Gasteiger partial charge in [-0.1, -0.05) is 12.1 Å². The number of anilines is 1. The Morgan fingerprint density at radius 3 is 2.46 bits per heavy atom. The number of aromatic nitrogens is 2. The largest absolute Gasteiger partial charge is 0.347 e. The van der Waals surface area contributed by atoms with Crippen LogP contribution in [-0.4, -0.2) is 52.9 Å². The van der Waals surface area contributed by atoms with E-state index in [2.05, 4.69) is 15.3 Å². The van der Waals surface area contributed by atoms with Gasteiger partial charge in [-0.2, -0.15) is 0 Å². The summed E-state index contributed by atoms with van der Waals surface area (Å²) < 4.78 is 12.9. The third-order valence-corrected chi connectivity index (χ3v) is 4.25. The first kappa shape index (κ1) is 17.8. The van der Waals surface area contributed by atoms with Gasteiger partial charge in [0.1, 0.15) is 11.5 Å². The van der Waals surface area contributed by atoms with E-state index in [1.807, 2.05) is 4.90 Å². The summed E-state index contributed by atoms with van der Waals surface area (Å²) in [7, 11) is 0. The Balaban J connectivity index is 1.60. The SMILES string of the molecule is CC(=O)N1CCN(c2nccc(C(=O)NCc3ccc(F)cc3)n2)CC1. The Kier molecular flexibility index (Phi) is 5.40. The van der Waals surface area contributed by atoms with Crippen LogP contribution in [-0.2, 0) is 11.3 Å². The molecular weight excluding hydrogens is 337 g/mol. The summed E-state index contributed by atoms with van der Waals surface area (Å²) in [6.07, 6.45) is 1.55. The van der Waals surface area contributed by atoms with Gasteiger partial charge in [0.25, 0.3) is 5.91 Å². The summed E-state index contributed by atoms with van der Waals surface area (Å²) in [6.45, 7) is 4.31. The third kappa shape index (κ3) is 4.33. The highest BCUT2D eigenvalue weighted by atomic mass is 19.1. The van der Waals surface area contributed by atoms with Crippen LogP contribution in [0.25, 0.3) is 0 Å². The van der Waals surface area contributed by atoms with Crippen LogP contribution in [0, 0.1) is 5.82 Å². The second kappa shape index (κ2) is 7.90. The van der Waals surface area contributed by atoms with Crippen molar-refractivity contribution in [2.45, 2.75) is 13.5 Å². The predicted octanol–water partition coefficient (Wildman–Crippen LogP) is 1.21. The number of halogens is 1. The summed E-state index contributed by atoms with van der Waals surface area (Å²) in [5.74, 6) is -0.104. The summed E-state index contributed by atoms with van der Waals surface area (Å²) in [5, 5.41) is 2.76. The fraction of sp³-hybridized carbons (Fsp3) is 0.333. The second-order valence-corrected chi connectivity index (χ2v) is 6.04. The first-order chi connectivity index (χ1) is 12.5. The number of hydrogen-bond acceptors (Lipinski definition) is 5. The van der Waals surface area contributed by atoms with Crippen molar-refractivity contribution in [3.63, 3.8) is 0 Å². The molecule has 7 nitrogen and oxygen atoms in total. The first-order valence-corrected chi connectivity index (χ1v) is 8.39. The van der Waals surface area contributed by atoms with Gasteiger partial charge in [0, 0.05) is 45.8 Å². The average molecular weight is 357 g/mol. The molecule has 0 aliphatic carbocycles. The molecule has 136 valence electrons. The molecule has 0 bridgehead atoms. The molecule has 8 heteroatoms. The van der Waals surface area contributed by atoms with Crippen molar-refractivity contribution in [2.24, 2.45) is 0 Å². The van der Waals surface area contributed by atoms with Crippen LogP contribution in [0.4, 0.5) is 10.3 Å². The van der Waals surface area contributed by atoms with Crippen molar-refractivity contribution in [1.82, 2.24) is 20.2 Å². The van der Waals surface area contributed by atoms with E-state index in [0.29, 0.717) is 32.1 Å². The molecule has 1 N–H and O–H groups in total. The van der Waals surface area contributed by atoms with Crippen molar-refractivity contribution in [3.05, 3.63) is 53.6 Å². The summed E-state index contributed by atoms with van der Waals surface area (Å²) in [5.41, 5.74) is 1.07. The van der Waals surface area contributed by atoms with Gasteiger partial charge in [-0.3, -0.25) is 9.59 Å². The number of nitrogens with zero attached hydrogens (tertiary/aromatic N) is 4. The number of hydrogen-bond donors (Lipinski definition) is 1. The van der Waals surface area contributed by atoms with Gasteiger partial charge < -0.3 is 15.1 Å². The molecule has 26 heavy (non-hydrogen) atoms. The minimum absolute atomic E-state index is 0.0551. The molecular formula is C18H20FN5O2. The normalized spacial score (nSPS) is 14.2. The van der Waals surface area contributed by atoms with E-state index in [1.165, 1.54) is 12.1 Å². The lowest BCUT2D eigenvalue weighted by Gasteiger charge is -2.34. The molecule has 2 aromatic rings. The van der Waals surface area contributed by atoms with Gasteiger partial charge in [0.05, 0.1) is 0 Å². The van der Waals surface area contributed by atoms with Gasteiger partial charge in [-0.25, -0.2) is 14.4 Å². The minimum atomic E-state index is -0.319. The van der Waals surface area contributed by atoms with Crippen molar-refractivity contribution in [1.29, 1.82) is 0 Å². The molecule has 2 heterocycles. The monoisotopic (exact) mass is 357 g/mol. The number of nitrogens with one attached hydrogen (secondary N) is 1. The number of benzene rings is 1. The summed E-state index contributed by atoms with van der Waals surface area (Å²) >= 11 is 0. The smallest absolute Gasteiger partial charge is 0.270 e. The predicted molar refractivity (Wildman–Crippen MR) is 94.1 cm³/mol. The highest BCUT2D eigenvalue weighted by molar-refractivity contribution is 5.92. The fourth-order valence-electron chi connectivity index (χ4n) is 2.72. The van der Waals surface area contributed by atoms with E-state index < -0.39 is 0 Å². The average Bonchev–Trinajstić information content (AvgIpc) is 2.67. The van der Waals surface area contributed by atoms with Crippen LogP contribution in [0.15, 0.2) is 36.5 Å². The lowest BCUT2D eigenvalue weighted by molar-refractivity contribution is -0.129. The molecule has 0 unspecified atom stereocenters.